The Kier molecular flexibility index (Phi) is 6.06. The largest absolute Gasteiger partial charge is 0.378 e. The van der Waals surface area contributed by atoms with E-state index in [9.17, 15) is 0 Å². The predicted molar refractivity (Wildman–Crippen MR) is 76.7 cm³/mol. The van der Waals surface area contributed by atoms with Crippen LogP contribution in [0, 0.1) is 0 Å². The van der Waals surface area contributed by atoms with Crippen molar-refractivity contribution in [2.24, 2.45) is 0 Å². The molecule has 0 amide bonds. The molecule has 17 heavy (non-hydrogen) atoms. The lowest BCUT2D eigenvalue weighted by molar-refractivity contribution is 0.512. The molecule has 0 aliphatic rings. The van der Waals surface area contributed by atoms with E-state index in [-0.39, 0.29) is 0 Å². The summed E-state index contributed by atoms with van der Waals surface area (Å²) in [5.41, 5.74) is 2.66. The van der Waals surface area contributed by atoms with Crippen molar-refractivity contribution < 1.29 is 0 Å². The van der Waals surface area contributed by atoms with Crippen LogP contribution in [0.2, 0.25) is 0 Å². The molecule has 1 aromatic rings. The molecule has 0 aliphatic heterocycles. The minimum absolute atomic E-state index is 0.498. The summed E-state index contributed by atoms with van der Waals surface area (Å²) < 4.78 is 0. The van der Waals surface area contributed by atoms with Gasteiger partial charge in [-0.25, -0.2) is 0 Å². The second kappa shape index (κ2) is 7.33. The topological polar surface area (TPSA) is 15.3 Å². The summed E-state index contributed by atoms with van der Waals surface area (Å²) in [5.74, 6) is 0. The molecule has 1 N–H and O–H groups in total. The molecule has 1 rings (SSSR count). The van der Waals surface area contributed by atoms with Crippen molar-refractivity contribution in [2.75, 3.05) is 26.0 Å². The molecule has 0 radical (unpaired) electrons. The van der Waals surface area contributed by atoms with E-state index >= 15 is 0 Å². The molecule has 1 atom stereocenters. The zero-order chi connectivity index (χ0) is 12.7. The molecule has 1 unspecified atom stereocenters. The standard InChI is InChI=1S/C15H26N2/c1-5-6-7-8-15(16-2)13-9-11-14(12-10-13)17(3)4/h9-12,15-16H,5-8H2,1-4H3. The smallest absolute Gasteiger partial charge is 0.0361 e. The molecular weight excluding hydrogens is 208 g/mol. The fourth-order valence-electron chi connectivity index (χ4n) is 2.08. The van der Waals surface area contributed by atoms with Gasteiger partial charge in [0, 0.05) is 25.8 Å². The summed E-state index contributed by atoms with van der Waals surface area (Å²) >= 11 is 0. The Morgan fingerprint density at radius 1 is 1.12 bits per heavy atom. The minimum Gasteiger partial charge on any atom is -0.378 e. The van der Waals surface area contributed by atoms with Gasteiger partial charge in [-0.1, -0.05) is 38.3 Å². The lowest BCUT2D eigenvalue weighted by atomic mass is 10.0. The molecule has 0 saturated carbocycles. The van der Waals surface area contributed by atoms with Gasteiger partial charge in [-0.05, 0) is 31.2 Å². The Labute approximate surface area is 106 Å². The molecule has 0 heterocycles. The van der Waals surface area contributed by atoms with E-state index in [1.807, 2.05) is 0 Å². The van der Waals surface area contributed by atoms with Gasteiger partial charge in [-0.15, -0.1) is 0 Å². The fraction of sp³-hybridized carbons (Fsp3) is 0.600. The molecule has 1 aromatic carbocycles. The Morgan fingerprint density at radius 2 is 1.76 bits per heavy atom. The van der Waals surface area contributed by atoms with Crippen LogP contribution in [-0.2, 0) is 0 Å². The summed E-state index contributed by atoms with van der Waals surface area (Å²) in [5, 5.41) is 3.41. The first-order valence-electron chi connectivity index (χ1n) is 6.63. The van der Waals surface area contributed by atoms with Gasteiger partial charge in [0.05, 0.1) is 0 Å². The lowest BCUT2D eigenvalue weighted by Crippen LogP contribution is -2.16. The van der Waals surface area contributed by atoms with Gasteiger partial charge in [-0.3, -0.25) is 0 Å². The van der Waals surface area contributed by atoms with Gasteiger partial charge in [0.2, 0.25) is 0 Å². The highest BCUT2D eigenvalue weighted by molar-refractivity contribution is 5.46. The van der Waals surface area contributed by atoms with Crippen molar-refractivity contribution in [2.45, 2.75) is 38.6 Å². The van der Waals surface area contributed by atoms with Crippen LogP contribution < -0.4 is 10.2 Å². The molecule has 96 valence electrons. The zero-order valence-corrected chi connectivity index (χ0v) is 11.7. The summed E-state index contributed by atoms with van der Waals surface area (Å²) in [6.07, 6.45) is 5.15. The van der Waals surface area contributed by atoms with Gasteiger partial charge in [-0.2, -0.15) is 0 Å². The average molecular weight is 234 g/mol. The van der Waals surface area contributed by atoms with Crippen molar-refractivity contribution in [3.8, 4) is 0 Å². The summed E-state index contributed by atoms with van der Waals surface area (Å²) in [6.45, 7) is 2.25. The Bertz CT molecular complexity index is 303. The van der Waals surface area contributed by atoms with Crippen LogP contribution >= 0.6 is 0 Å². The van der Waals surface area contributed by atoms with E-state index in [1.165, 1.54) is 36.9 Å². The van der Waals surface area contributed by atoms with E-state index in [4.69, 9.17) is 0 Å². The first kappa shape index (κ1) is 14.0. The number of unbranched alkanes of at least 4 members (excludes halogenated alkanes) is 2. The molecule has 0 bridgehead atoms. The third-order valence-electron chi connectivity index (χ3n) is 3.26. The number of hydrogen-bond acceptors (Lipinski definition) is 2. The summed E-state index contributed by atoms with van der Waals surface area (Å²) in [4.78, 5) is 2.13. The minimum atomic E-state index is 0.498. The third-order valence-corrected chi connectivity index (χ3v) is 3.26. The van der Waals surface area contributed by atoms with E-state index in [0.29, 0.717) is 6.04 Å². The summed E-state index contributed by atoms with van der Waals surface area (Å²) in [6, 6.07) is 9.36. The molecule has 0 spiro atoms. The quantitative estimate of drug-likeness (QED) is 0.725. The molecule has 0 aromatic heterocycles. The van der Waals surface area contributed by atoms with Crippen LogP contribution in [0.25, 0.3) is 0 Å². The Hall–Kier alpha value is -1.02. The maximum absolute atomic E-state index is 3.41. The molecular formula is C15H26N2. The highest BCUT2D eigenvalue weighted by atomic mass is 15.1. The monoisotopic (exact) mass is 234 g/mol. The maximum atomic E-state index is 3.41. The van der Waals surface area contributed by atoms with E-state index in [1.54, 1.807) is 0 Å². The van der Waals surface area contributed by atoms with Crippen LogP contribution in [-0.4, -0.2) is 21.1 Å². The van der Waals surface area contributed by atoms with Crippen molar-refractivity contribution >= 4 is 5.69 Å². The van der Waals surface area contributed by atoms with Crippen LogP contribution in [0.1, 0.15) is 44.2 Å². The number of nitrogens with one attached hydrogen (secondary N) is 1. The van der Waals surface area contributed by atoms with Crippen molar-refractivity contribution in [3.63, 3.8) is 0 Å². The van der Waals surface area contributed by atoms with Crippen LogP contribution in [0.3, 0.4) is 0 Å². The Balaban J connectivity index is 2.62. The lowest BCUT2D eigenvalue weighted by Gasteiger charge is -2.18. The number of nitrogens with zero attached hydrogens (tertiary/aromatic N) is 1. The molecule has 0 fully saturated rings. The number of rotatable bonds is 7. The normalized spacial score (nSPS) is 12.5. The van der Waals surface area contributed by atoms with E-state index in [2.05, 4.69) is 62.5 Å². The highest BCUT2D eigenvalue weighted by Crippen LogP contribution is 2.22. The number of anilines is 1. The first-order chi connectivity index (χ1) is 8.19. The van der Waals surface area contributed by atoms with Gasteiger partial charge in [0.15, 0.2) is 0 Å². The van der Waals surface area contributed by atoms with Gasteiger partial charge < -0.3 is 10.2 Å². The number of benzene rings is 1. The fourth-order valence-corrected chi connectivity index (χ4v) is 2.08. The zero-order valence-electron chi connectivity index (χ0n) is 11.7. The van der Waals surface area contributed by atoms with Crippen LogP contribution in [0.5, 0.6) is 0 Å². The van der Waals surface area contributed by atoms with Crippen molar-refractivity contribution in [1.29, 1.82) is 0 Å². The van der Waals surface area contributed by atoms with Crippen LogP contribution in [0.4, 0.5) is 5.69 Å². The van der Waals surface area contributed by atoms with E-state index < -0.39 is 0 Å². The van der Waals surface area contributed by atoms with E-state index in [0.717, 1.165) is 0 Å². The first-order valence-corrected chi connectivity index (χ1v) is 6.63. The summed E-state index contributed by atoms with van der Waals surface area (Å²) in [7, 11) is 6.20. The van der Waals surface area contributed by atoms with Crippen molar-refractivity contribution in [3.05, 3.63) is 29.8 Å². The van der Waals surface area contributed by atoms with Gasteiger partial charge in [0.25, 0.3) is 0 Å². The second-order valence-electron chi connectivity index (χ2n) is 4.82. The highest BCUT2D eigenvalue weighted by Gasteiger charge is 2.08. The number of hydrogen-bond donors (Lipinski definition) is 1. The van der Waals surface area contributed by atoms with Crippen molar-refractivity contribution in [1.82, 2.24) is 5.32 Å². The average Bonchev–Trinajstić information content (AvgIpc) is 2.35. The predicted octanol–water partition coefficient (Wildman–Crippen LogP) is 3.59. The van der Waals surface area contributed by atoms with Crippen LogP contribution in [0.15, 0.2) is 24.3 Å². The molecule has 2 nitrogen and oxygen atoms in total. The van der Waals surface area contributed by atoms with Gasteiger partial charge >= 0.3 is 0 Å². The molecule has 0 saturated heterocycles. The second-order valence-corrected chi connectivity index (χ2v) is 4.82. The third kappa shape index (κ3) is 4.39. The Morgan fingerprint density at radius 3 is 2.24 bits per heavy atom. The molecule has 0 aliphatic carbocycles. The maximum Gasteiger partial charge on any atom is 0.0361 e. The molecule has 2 heteroatoms. The SMILES string of the molecule is CCCCCC(NC)c1ccc(N(C)C)cc1. The van der Waals surface area contributed by atoms with Gasteiger partial charge in [0.1, 0.15) is 0 Å².